The molecule has 1 aromatic heterocycles. The Kier molecular flexibility index (Phi) is 5.27. The molecule has 6 nitrogen and oxygen atoms in total. The molecule has 0 aliphatic carbocycles. The maximum atomic E-state index is 11.5. The Morgan fingerprint density at radius 2 is 2.44 bits per heavy atom. The van der Waals surface area contributed by atoms with Crippen LogP contribution in [0.2, 0.25) is 0 Å². The minimum atomic E-state index is -0.472. The van der Waals surface area contributed by atoms with E-state index in [2.05, 4.69) is 15.5 Å². The molecule has 0 bridgehead atoms. The smallest absolute Gasteiger partial charge is 0.237 e. The van der Waals surface area contributed by atoms with E-state index in [0.29, 0.717) is 18.1 Å². The number of nitrogens with zero attached hydrogens (tertiary/aromatic N) is 2. The zero-order valence-corrected chi connectivity index (χ0v) is 10.2. The van der Waals surface area contributed by atoms with Crippen LogP contribution in [-0.2, 0) is 11.3 Å². The van der Waals surface area contributed by atoms with Gasteiger partial charge in [0, 0.05) is 6.92 Å². The van der Waals surface area contributed by atoms with Gasteiger partial charge in [0.15, 0.2) is 5.82 Å². The first-order valence-electron chi connectivity index (χ1n) is 4.95. The molecular formula is C9H16N4O2S. The topological polar surface area (TPSA) is 94.0 Å². The Hall–Kier alpha value is -1.08. The van der Waals surface area contributed by atoms with Crippen LogP contribution in [0.25, 0.3) is 0 Å². The van der Waals surface area contributed by atoms with E-state index in [1.165, 1.54) is 0 Å². The minimum Gasteiger partial charge on any atom is -0.347 e. The van der Waals surface area contributed by atoms with Gasteiger partial charge in [-0.1, -0.05) is 5.16 Å². The zero-order chi connectivity index (χ0) is 12.0. The molecule has 0 fully saturated rings. The molecule has 90 valence electrons. The maximum Gasteiger partial charge on any atom is 0.237 e. The summed E-state index contributed by atoms with van der Waals surface area (Å²) in [5, 5.41) is 6.33. The largest absolute Gasteiger partial charge is 0.347 e. The molecule has 3 N–H and O–H groups in total. The second-order valence-corrected chi connectivity index (χ2v) is 4.32. The average Bonchev–Trinajstić information content (AvgIpc) is 2.68. The highest BCUT2D eigenvalue weighted by Crippen LogP contribution is 1.99. The molecule has 0 saturated carbocycles. The van der Waals surface area contributed by atoms with Gasteiger partial charge in [0.25, 0.3) is 0 Å². The van der Waals surface area contributed by atoms with E-state index in [-0.39, 0.29) is 12.5 Å². The average molecular weight is 244 g/mol. The van der Waals surface area contributed by atoms with Crippen LogP contribution in [0.15, 0.2) is 4.52 Å². The van der Waals surface area contributed by atoms with Crippen LogP contribution in [0.4, 0.5) is 0 Å². The molecule has 7 heteroatoms. The van der Waals surface area contributed by atoms with Crippen LogP contribution < -0.4 is 11.1 Å². The van der Waals surface area contributed by atoms with Crippen molar-refractivity contribution < 1.29 is 9.32 Å². The van der Waals surface area contributed by atoms with Gasteiger partial charge in [-0.2, -0.15) is 16.7 Å². The fourth-order valence-corrected chi connectivity index (χ4v) is 1.58. The normalized spacial score (nSPS) is 12.4. The van der Waals surface area contributed by atoms with E-state index in [9.17, 15) is 4.79 Å². The molecule has 1 aromatic rings. The van der Waals surface area contributed by atoms with Crippen LogP contribution in [-0.4, -0.2) is 34.1 Å². The van der Waals surface area contributed by atoms with Crippen molar-refractivity contribution in [1.29, 1.82) is 0 Å². The second kappa shape index (κ2) is 6.49. The van der Waals surface area contributed by atoms with E-state index in [1.807, 2.05) is 6.26 Å². The number of nitrogens with two attached hydrogens (primary N) is 1. The Labute approximate surface area is 98.3 Å². The Bertz CT molecular complexity index is 342. The van der Waals surface area contributed by atoms with E-state index in [4.69, 9.17) is 10.3 Å². The zero-order valence-electron chi connectivity index (χ0n) is 9.40. The van der Waals surface area contributed by atoms with Crippen molar-refractivity contribution in [2.75, 3.05) is 12.0 Å². The summed E-state index contributed by atoms with van der Waals surface area (Å²) < 4.78 is 4.78. The molecule has 16 heavy (non-hydrogen) atoms. The van der Waals surface area contributed by atoms with Crippen molar-refractivity contribution in [2.45, 2.75) is 25.9 Å². The lowest BCUT2D eigenvalue weighted by atomic mass is 10.2. The van der Waals surface area contributed by atoms with Crippen molar-refractivity contribution >= 4 is 17.7 Å². The maximum absolute atomic E-state index is 11.5. The third kappa shape index (κ3) is 4.19. The number of hydrogen-bond donors (Lipinski definition) is 2. The lowest BCUT2D eigenvalue weighted by Crippen LogP contribution is -2.40. The minimum absolute atomic E-state index is 0.184. The first kappa shape index (κ1) is 13.0. The number of nitrogens with one attached hydrogen (secondary N) is 1. The van der Waals surface area contributed by atoms with Crippen LogP contribution in [0.5, 0.6) is 0 Å². The number of hydrogen-bond acceptors (Lipinski definition) is 6. The van der Waals surface area contributed by atoms with Crippen molar-refractivity contribution in [3.05, 3.63) is 11.7 Å². The van der Waals surface area contributed by atoms with Gasteiger partial charge in [-0.15, -0.1) is 0 Å². The Morgan fingerprint density at radius 3 is 3.00 bits per heavy atom. The Balaban J connectivity index is 2.29. The molecule has 0 radical (unpaired) electrons. The molecule has 0 unspecified atom stereocenters. The van der Waals surface area contributed by atoms with Crippen molar-refractivity contribution in [3.8, 4) is 0 Å². The first-order valence-corrected chi connectivity index (χ1v) is 6.34. The quantitative estimate of drug-likeness (QED) is 0.735. The number of rotatable bonds is 6. The highest BCUT2D eigenvalue weighted by molar-refractivity contribution is 7.98. The predicted octanol–water partition coefficient (Wildman–Crippen LogP) is 0.0746. The molecule has 1 amide bonds. The van der Waals surface area contributed by atoms with E-state index in [1.54, 1.807) is 18.7 Å². The van der Waals surface area contributed by atoms with Gasteiger partial charge in [-0.05, 0) is 18.4 Å². The molecular weight excluding hydrogens is 228 g/mol. The van der Waals surface area contributed by atoms with Gasteiger partial charge in [0.05, 0.1) is 12.6 Å². The highest BCUT2D eigenvalue weighted by atomic mass is 32.2. The van der Waals surface area contributed by atoms with Gasteiger partial charge in [0.1, 0.15) is 0 Å². The Morgan fingerprint density at radius 1 is 1.69 bits per heavy atom. The molecule has 1 atom stereocenters. The second-order valence-electron chi connectivity index (χ2n) is 3.34. The van der Waals surface area contributed by atoms with Crippen LogP contribution >= 0.6 is 11.8 Å². The molecule has 0 saturated heterocycles. The lowest BCUT2D eigenvalue weighted by molar-refractivity contribution is -0.122. The highest BCUT2D eigenvalue weighted by Gasteiger charge is 2.13. The SMILES string of the molecule is CSCC[C@@H](N)C(=O)NCc1noc(C)n1. The summed E-state index contributed by atoms with van der Waals surface area (Å²) in [6.07, 6.45) is 2.64. The lowest BCUT2D eigenvalue weighted by Gasteiger charge is -2.09. The van der Waals surface area contributed by atoms with Gasteiger partial charge in [-0.3, -0.25) is 4.79 Å². The third-order valence-electron chi connectivity index (χ3n) is 1.96. The summed E-state index contributed by atoms with van der Waals surface area (Å²) in [7, 11) is 0. The van der Waals surface area contributed by atoms with E-state index >= 15 is 0 Å². The molecule has 0 aliphatic heterocycles. The summed E-state index contributed by atoms with van der Waals surface area (Å²) >= 11 is 1.67. The summed E-state index contributed by atoms with van der Waals surface area (Å²) in [6.45, 7) is 1.95. The van der Waals surface area contributed by atoms with Crippen molar-refractivity contribution in [3.63, 3.8) is 0 Å². The number of aryl methyl sites for hydroxylation is 1. The monoisotopic (exact) mass is 244 g/mol. The van der Waals surface area contributed by atoms with E-state index < -0.39 is 6.04 Å². The number of carbonyl (C=O) groups excluding carboxylic acids is 1. The summed E-state index contributed by atoms with van der Waals surface area (Å²) in [6, 6.07) is -0.472. The fraction of sp³-hybridized carbons (Fsp3) is 0.667. The number of thioether (sulfide) groups is 1. The molecule has 0 aromatic carbocycles. The predicted molar refractivity (Wildman–Crippen MR) is 61.9 cm³/mol. The summed E-state index contributed by atoms with van der Waals surface area (Å²) in [5.74, 6) is 1.63. The number of aromatic nitrogens is 2. The van der Waals surface area contributed by atoms with Gasteiger partial charge >= 0.3 is 0 Å². The van der Waals surface area contributed by atoms with Crippen LogP contribution in [0, 0.1) is 6.92 Å². The third-order valence-corrected chi connectivity index (χ3v) is 2.60. The summed E-state index contributed by atoms with van der Waals surface area (Å²) in [4.78, 5) is 15.5. The first-order chi connectivity index (χ1) is 7.63. The van der Waals surface area contributed by atoms with Crippen molar-refractivity contribution in [1.82, 2.24) is 15.5 Å². The number of amides is 1. The van der Waals surface area contributed by atoms with Crippen LogP contribution in [0.3, 0.4) is 0 Å². The molecule has 0 spiro atoms. The van der Waals surface area contributed by atoms with Gasteiger partial charge < -0.3 is 15.6 Å². The van der Waals surface area contributed by atoms with Gasteiger partial charge in [-0.25, -0.2) is 0 Å². The van der Waals surface area contributed by atoms with E-state index in [0.717, 1.165) is 5.75 Å². The summed E-state index contributed by atoms with van der Waals surface area (Å²) in [5.41, 5.74) is 5.68. The molecule has 0 aliphatic rings. The van der Waals surface area contributed by atoms with Crippen molar-refractivity contribution in [2.24, 2.45) is 5.73 Å². The fourth-order valence-electron chi connectivity index (χ4n) is 1.09. The molecule has 1 heterocycles. The molecule has 1 rings (SSSR count). The number of carbonyl (C=O) groups is 1. The van der Waals surface area contributed by atoms with Crippen LogP contribution in [0.1, 0.15) is 18.1 Å². The van der Waals surface area contributed by atoms with Gasteiger partial charge in [0.2, 0.25) is 11.8 Å². The standard InChI is InChI=1S/C9H16N4O2S/c1-6-12-8(13-15-6)5-11-9(14)7(10)3-4-16-2/h7H,3-5,10H2,1-2H3,(H,11,14)/t7-/m1/s1.